The molecule has 2 rings (SSSR count). The standard InChI is InChI=1S/C19H29Br/c1-8-17(2,3)14-11-9-13(10-12-14)15(20)16-18(4,5)19(16,6)7/h9-12,15-16H,8H2,1-7H3. The van der Waals surface area contributed by atoms with Crippen LogP contribution < -0.4 is 0 Å². The molecule has 0 saturated heterocycles. The molecule has 1 saturated carbocycles. The van der Waals surface area contributed by atoms with Crippen molar-refractivity contribution in [3.05, 3.63) is 35.4 Å². The van der Waals surface area contributed by atoms with E-state index < -0.39 is 0 Å². The number of benzene rings is 1. The minimum Gasteiger partial charge on any atom is -0.0835 e. The van der Waals surface area contributed by atoms with E-state index in [2.05, 4.69) is 88.7 Å². The van der Waals surface area contributed by atoms with Crippen molar-refractivity contribution in [2.24, 2.45) is 16.7 Å². The third kappa shape index (κ3) is 2.36. The normalized spacial score (nSPS) is 22.6. The lowest BCUT2D eigenvalue weighted by atomic mass is 9.82. The Kier molecular flexibility index (Phi) is 3.91. The van der Waals surface area contributed by atoms with Crippen molar-refractivity contribution in [2.45, 2.75) is 65.1 Å². The van der Waals surface area contributed by atoms with Gasteiger partial charge in [-0.3, -0.25) is 0 Å². The van der Waals surface area contributed by atoms with Gasteiger partial charge in [-0.05, 0) is 39.7 Å². The maximum Gasteiger partial charge on any atom is 0.0434 e. The molecule has 20 heavy (non-hydrogen) atoms. The van der Waals surface area contributed by atoms with E-state index >= 15 is 0 Å². The quantitative estimate of drug-likeness (QED) is 0.551. The van der Waals surface area contributed by atoms with Gasteiger partial charge in [0, 0.05) is 4.83 Å². The predicted octanol–water partition coefficient (Wildman–Crippen LogP) is 6.49. The van der Waals surface area contributed by atoms with E-state index in [0.717, 1.165) is 0 Å². The summed E-state index contributed by atoms with van der Waals surface area (Å²) in [4.78, 5) is 0.464. The molecule has 0 bridgehead atoms. The Morgan fingerprint density at radius 2 is 1.50 bits per heavy atom. The molecule has 0 radical (unpaired) electrons. The summed E-state index contributed by atoms with van der Waals surface area (Å²) in [5.74, 6) is 0.708. The molecule has 0 heterocycles. The van der Waals surface area contributed by atoms with Crippen LogP contribution in [0, 0.1) is 16.7 Å². The molecule has 112 valence electrons. The smallest absolute Gasteiger partial charge is 0.0434 e. The molecule has 1 fully saturated rings. The van der Waals surface area contributed by atoms with Crippen LogP contribution in [-0.4, -0.2) is 0 Å². The highest BCUT2D eigenvalue weighted by Gasteiger charge is 2.66. The van der Waals surface area contributed by atoms with Crippen molar-refractivity contribution >= 4 is 15.9 Å². The van der Waals surface area contributed by atoms with Crippen LogP contribution in [0.2, 0.25) is 0 Å². The number of hydrogen-bond acceptors (Lipinski definition) is 0. The van der Waals surface area contributed by atoms with Crippen molar-refractivity contribution in [3.8, 4) is 0 Å². The Bertz CT molecular complexity index is 465. The molecule has 0 aliphatic heterocycles. The van der Waals surface area contributed by atoms with E-state index in [4.69, 9.17) is 0 Å². The van der Waals surface area contributed by atoms with Crippen LogP contribution in [0.3, 0.4) is 0 Å². The van der Waals surface area contributed by atoms with E-state index in [1.807, 2.05) is 0 Å². The van der Waals surface area contributed by atoms with Crippen LogP contribution >= 0.6 is 15.9 Å². The van der Waals surface area contributed by atoms with Crippen LogP contribution in [0.1, 0.15) is 70.8 Å². The minimum atomic E-state index is 0.276. The van der Waals surface area contributed by atoms with Gasteiger partial charge in [0.25, 0.3) is 0 Å². The van der Waals surface area contributed by atoms with E-state index in [9.17, 15) is 0 Å². The summed E-state index contributed by atoms with van der Waals surface area (Å²) in [5, 5.41) is 0. The first-order valence-corrected chi connectivity index (χ1v) is 8.72. The summed E-state index contributed by atoms with van der Waals surface area (Å²) >= 11 is 3.96. The third-order valence-corrected chi connectivity index (χ3v) is 7.38. The highest BCUT2D eigenvalue weighted by molar-refractivity contribution is 9.09. The summed E-state index contributed by atoms with van der Waals surface area (Å²) in [7, 11) is 0. The van der Waals surface area contributed by atoms with E-state index in [-0.39, 0.29) is 5.41 Å². The maximum atomic E-state index is 3.96. The molecule has 1 aliphatic carbocycles. The van der Waals surface area contributed by atoms with Crippen LogP contribution in [0.5, 0.6) is 0 Å². The first-order valence-electron chi connectivity index (χ1n) is 7.80. The second kappa shape index (κ2) is 4.87. The summed E-state index contributed by atoms with van der Waals surface area (Å²) in [6.45, 7) is 16.5. The SMILES string of the molecule is CCC(C)(C)c1ccc(C(Br)C2C(C)(C)C2(C)C)cc1. The zero-order valence-electron chi connectivity index (χ0n) is 14.0. The summed E-state index contributed by atoms with van der Waals surface area (Å²) in [5.41, 5.74) is 3.98. The topological polar surface area (TPSA) is 0 Å². The number of hydrogen-bond donors (Lipinski definition) is 0. The minimum absolute atomic E-state index is 0.276. The van der Waals surface area contributed by atoms with Crippen molar-refractivity contribution in [1.29, 1.82) is 0 Å². The molecule has 0 N–H and O–H groups in total. The molecule has 0 amide bonds. The summed E-state index contributed by atoms with van der Waals surface area (Å²) in [6.07, 6.45) is 1.17. The molecular weight excluding hydrogens is 308 g/mol. The lowest BCUT2D eigenvalue weighted by Gasteiger charge is -2.24. The van der Waals surface area contributed by atoms with Crippen molar-refractivity contribution in [2.75, 3.05) is 0 Å². The Hall–Kier alpha value is -0.300. The van der Waals surface area contributed by atoms with Gasteiger partial charge in [-0.15, -0.1) is 0 Å². The van der Waals surface area contributed by atoms with E-state index in [1.54, 1.807) is 0 Å². The first-order chi connectivity index (χ1) is 9.05. The summed E-state index contributed by atoms with van der Waals surface area (Å²) in [6, 6.07) is 9.26. The van der Waals surface area contributed by atoms with Crippen molar-refractivity contribution in [1.82, 2.24) is 0 Å². The monoisotopic (exact) mass is 336 g/mol. The van der Waals surface area contributed by atoms with Gasteiger partial charge in [0.1, 0.15) is 0 Å². The van der Waals surface area contributed by atoms with Crippen molar-refractivity contribution in [3.63, 3.8) is 0 Å². The average molecular weight is 337 g/mol. The fraction of sp³-hybridized carbons (Fsp3) is 0.684. The van der Waals surface area contributed by atoms with Gasteiger partial charge in [0.2, 0.25) is 0 Å². The molecule has 1 aromatic rings. The van der Waals surface area contributed by atoms with Gasteiger partial charge in [0.05, 0.1) is 0 Å². The largest absolute Gasteiger partial charge is 0.0835 e. The fourth-order valence-corrected chi connectivity index (χ4v) is 5.12. The van der Waals surface area contributed by atoms with Gasteiger partial charge in [-0.25, -0.2) is 0 Å². The Morgan fingerprint density at radius 3 is 1.85 bits per heavy atom. The number of alkyl halides is 1. The molecule has 1 unspecified atom stereocenters. The number of halogens is 1. The molecule has 1 aromatic carbocycles. The zero-order valence-corrected chi connectivity index (χ0v) is 15.6. The molecule has 0 aromatic heterocycles. The Labute approximate surface area is 133 Å². The van der Waals surface area contributed by atoms with Gasteiger partial charge in [0.15, 0.2) is 0 Å². The van der Waals surface area contributed by atoms with Crippen LogP contribution in [0.4, 0.5) is 0 Å². The molecule has 1 aliphatic rings. The second-order valence-electron chi connectivity index (χ2n) is 8.18. The molecule has 1 atom stereocenters. The van der Waals surface area contributed by atoms with Crippen LogP contribution in [0.25, 0.3) is 0 Å². The Morgan fingerprint density at radius 1 is 1.05 bits per heavy atom. The van der Waals surface area contributed by atoms with E-state index in [0.29, 0.717) is 21.6 Å². The lowest BCUT2D eigenvalue weighted by molar-refractivity contribution is 0.457. The number of rotatable bonds is 4. The molecule has 1 heteroatoms. The third-order valence-electron chi connectivity index (χ3n) is 6.32. The molecule has 0 spiro atoms. The predicted molar refractivity (Wildman–Crippen MR) is 92.5 cm³/mol. The molecule has 0 nitrogen and oxygen atoms in total. The Balaban J connectivity index is 2.20. The van der Waals surface area contributed by atoms with Crippen LogP contribution in [-0.2, 0) is 5.41 Å². The second-order valence-corrected chi connectivity index (χ2v) is 9.17. The van der Waals surface area contributed by atoms with Crippen LogP contribution in [0.15, 0.2) is 24.3 Å². The first kappa shape index (κ1) is 16.1. The van der Waals surface area contributed by atoms with Gasteiger partial charge in [-0.1, -0.05) is 88.7 Å². The summed E-state index contributed by atoms with van der Waals surface area (Å²) < 4.78 is 0. The van der Waals surface area contributed by atoms with Crippen molar-refractivity contribution < 1.29 is 0 Å². The highest BCUT2D eigenvalue weighted by Crippen LogP contribution is 2.73. The van der Waals surface area contributed by atoms with Gasteiger partial charge >= 0.3 is 0 Å². The van der Waals surface area contributed by atoms with Gasteiger partial charge < -0.3 is 0 Å². The lowest BCUT2D eigenvalue weighted by Crippen LogP contribution is -2.15. The average Bonchev–Trinajstić information content (AvgIpc) is 2.79. The fourth-order valence-electron chi connectivity index (χ4n) is 3.49. The highest BCUT2D eigenvalue weighted by atomic mass is 79.9. The van der Waals surface area contributed by atoms with Gasteiger partial charge in [-0.2, -0.15) is 0 Å². The maximum absolute atomic E-state index is 3.96. The molecular formula is C19H29Br. The zero-order chi connectivity index (χ0) is 15.3. The van der Waals surface area contributed by atoms with E-state index in [1.165, 1.54) is 17.5 Å².